The molecule has 0 aliphatic heterocycles. The first kappa shape index (κ1) is 11.9. The number of esters is 1. The Hall–Kier alpha value is -2.56. The number of carboxylic acids is 1. The first-order valence-electron chi connectivity index (χ1n) is 5.21. The fourth-order valence-electron chi connectivity index (χ4n) is 1.36. The third-order valence-electron chi connectivity index (χ3n) is 2.23. The monoisotopic (exact) mass is 246 g/mol. The lowest BCUT2D eigenvalue weighted by Crippen LogP contribution is -2.04. The van der Waals surface area contributed by atoms with Gasteiger partial charge in [-0.05, 0) is 24.3 Å². The van der Waals surface area contributed by atoms with Gasteiger partial charge < -0.3 is 14.3 Å². The van der Waals surface area contributed by atoms with E-state index in [1.165, 1.54) is 12.1 Å². The van der Waals surface area contributed by atoms with Crippen LogP contribution in [0, 0.1) is 0 Å². The van der Waals surface area contributed by atoms with Crippen LogP contribution in [0.2, 0.25) is 0 Å². The van der Waals surface area contributed by atoms with Crippen molar-refractivity contribution in [3.8, 4) is 0 Å². The summed E-state index contributed by atoms with van der Waals surface area (Å²) in [7, 11) is 0. The van der Waals surface area contributed by atoms with Gasteiger partial charge in [-0.25, -0.2) is 9.59 Å². The Morgan fingerprint density at radius 2 is 1.83 bits per heavy atom. The molecule has 1 aromatic heterocycles. The van der Waals surface area contributed by atoms with E-state index >= 15 is 0 Å². The molecule has 0 saturated carbocycles. The van der Waals surface area contributed by atoms with Crippen LogP contribution in [0.4, 0.5) is 0 Å². The van der Waals surface area contributed by atoms with Gasteiger partial charge in [-0.15, -0.1) is 0 Å². The van der Waals surface area contributed by atoms with Gasteiger partial charge in [-0.2, -0.15) is 0 Å². The Bertz CT molecular complexity index is 556. The quantitative estimate of drug-likeness (QED) is 0.838. The highest BCUT2D eigenvalue weighted by Gasteiger charge is 2.11. The summed E-state index contributed by atoms with van der Waals surface area (Å²) in [6, 6.07) is 11.3. The number of hydrogen-bond donors (Lipinski definition) is 1. The lowest BCUT2D eigenvalue weighted by Gasteiger charge is -2.02. The van der Waals surface area contributed by atoms with E-state index in [4.69, 9.17) is 14.3 Å². The molecule has 0 fully saturated rings. The molecule has 2 aromatic rings. The smallest absolute Gasteiger partial charge is 0.371 e. The van der Waals surface area contributed by atoms with Crippen molar-refractivity contribution < 1.29 is 23.8 Å². The van der Waals surface area contributed by atoms with Crippen molar-refractivity contribution in [1.82, 2.24) is 0 Å². The third kappa shape index (κ3) is 2.76. The first-order valence-corrected chi connectivity index (χ1v) is 5.21. The van der Waals surface area contributed by atoms with Crippen LogP contribution < -0.4 is 0 Å². The number of furan rings is 1. The van der Waals surface area contributed by atoms with Gasteiger partial charge in [-0.1, -0.05) is 18.2 Å². The van der Waals surface area contributed by atoms with Crippen LogP contribution in [0.5, 0.6) is 0 Å². The van der Waals surface area contributed by atoms with Crippen LogP contribution in [-0.4, -0.2) is 17.0 Å². The maximum atomic E-state index is 11.6. The second-order valence-electron chi connectivity index (χ2n) is 3.51. The van der Waals surface area contributed by atoms with Crippen molar-refractivity contribution in [3.05, 3.63) is 59.5 Å². The molecule has 92 valence electrons. The SMILES string of the molecule is O=C(OCc1ccc(C(=O)O)o1)c1ccccc1. The largest absolute Gasteiger partial charge is 0.475 e. The topological polar surface area (TPSA) is 76.7 Å². The second-order valence-corrected chi connectivity index (χ2v) is 3.51. The third-order valence-corrected chi connectivity index (χ3v) is 2.23. The normalized spacial score (nSPS) is 10.0. The zero-order valence-corrected chi connectivity index (χ0v) is 9.33. The van der Waals surface area contributed by atoms with Crippen molar-refractivity contribution >= 4 is 11.9 Å². The zero-order chi connectivity index (χ0) is 13.0. The minimum atomic E-state index is -1.16. The maximum Gasteiger partial charge on any atom is 0.371 e. The summed E-state index contributed by atoms with van der Waals surface area (Å²) < 4.78 is 9.94. The van der Waals surface area contributed by atoms with Crippen LogP contribution in [0.25, 0.3) is 0 Å². The van der Waals surface area contributed by atoms with E-state index in [1.807, 2.05) is 0 Å². The predicted octanol–water partition coefficient (Wildman–Crippen LogP) is 2.33. The molecule has 1 heterocycles. The highest BCUT2D eigenvalue weighted by molar-refractivity contribution is 5.89. The van der Waals surface area contributed by atoms with Crippen LogP contribution in [0.3, 0.4) is 0 Å². The maximum absolute atomic E-state index is 11.6. The fraction of sp³-hybridized carbons (Fsp3) is 0.0769. The van der Waals surface area contributed by atoms with E-state index in [1.54, 1.807) is 30.3 Å². The van der Waals surface area contributed by atoms with E-state index in [9.17, 15) is 9.59 Å². The number of aromatic carboxylic acids is 1. The lowest BCUT2D eigenvalue weighted by molar-refractivity contribution is 0.0442. The molecule has 0 bridgehead atoms. The molecule has 0 aliphatic rings. The first-order chi connectivity index (χ1) is 8.66. The van der Waals surface area contributed by atoms with Crippen molar-refractivity contribution in [1.29, 1.82) is 0 Å². The van der Waals surface area contributed by atoms with Gasteiger partial charge in [0.2, 0.25) is 5.76 Å². The molecule has 1 N–H and O–H groups in total. The minimum Gasteiger partial charge on any atom is -0.475 e. The van der Waals surface area contributed by atoms with E-state index in [2.05, 4.69) is 0 Å². The van der Waals surface area contributed by atoms with E-state index in [-0.39, 0.29) is 18.1 Å². The molecule has 1 aromatic carbocycles. The molecule has 2 rings (SSSR count). The summed E-state index contributed by atoms with van der Waals surface area (Å²) in [4.78, 5) is 22.2. The Morgan fingerprint density at radius 1 is 1.11 bits per heavy atom. The Morgan fingerprint density at radius 3 is 2.44 bits per heavy atom. The molecule has 5 heteroatoms. The van der Waals surface area contributed by atoms with Gasteiger partial charge in [0, 0.05) is 0 Å². The highest BCUT2D eigenvalue weighted by Crippen LogP contribution is 2.10. The lowest BCUT2D eigenvalue weighted by atomic mass is 10.2. The summed E-state index contributed by atoms with van der Waals surface area (Å²) in [6.45, 7) is -0.0962. The minimum absolute atomic E-state index is 0.0962. The molecule has 0 spiro atoms. The summed E-state index contributed by atoms with van der Waals surface area (Å²) >= 11 is 0. The van der Waals surface area contributed by atoms with Gasteiger partial charge in [0.25, 0.3) is 0 Å². The number of ether oxygens (including phenoxy) is 1. The molecule has 0 radical (unpaired) electrons. The van der Waals surface area contributed by atoms with E-state index < -0.39 is 11.9 Å². The molecular formula is C13H10O5. The Kier molecular flexibility index (Phi) is 3.43. The van der Waals surface area contributed by atoms with Gasteiger partial charge in [-0.3, -0.25) is 0 Å². The van der Waals surface area contributed by atoms with Crippen molar-refractivity contribution in [2.45, 2.75) is 6.61 Å². The molecule has 0 amide bonds. The molecule has 0 aliphatic carbocycles. The van der Waals surface area contributed by atoms with Crippen molar-refractivity contribution in [2.24, 2.45) is 0 Å². The molecular weight excluding hydrogens is 236 g/mol. The number of carbonyl (C=O) groups is 2. The molecule has 18 heavy (non-hydrogen) atoms. The zero-order valence-electron chi connectivity index (χ0n) is 9.33. The summed E-state index contributed by atoms with van der Waals surface area (Å²) in [5.74, 6) is -1.53. The van der Waals surface area contributed by atoms with Gasteiger partial charge in [0.1, 0.15) is 12.4 Å². The van der Waals surface area contributed by atoms with E-state index in [0.717, 1.165) is 0 Å². The highest BCUT2D eigenvalue weighted by atomic mass is 16.5. The summed E-state index contributed by atoms with van der Waals surface area (Å²) in [5.41, 5.74) is 0.433. The van der Waals surface area contributed by atoms with Crippen LogP contribution in [-0.2, 0) is 11.3 Å². The van der Waals surface area contributed by atoms with Crippen molar-refractivity contribution in [2.75, 3.05) is 0 Å². The predicted molar refractivity (Wildman–Crippen MR) is 61.2 cm³/mol. The number of carboxylic acid groups (broad SMARTS) is 1. The van der Waals surface area contributed by atoms with Gasteiger partial charge in [0.05, 0.1) is 5.56 Å². The number of benzene rings is 1. The summed E-state index contributed by atoms with van der Waals surface area (Å²) in [6.07, 6.45) is 0. The van der Waals surface area contributed by atoms with E-state index in [0.29, 0.717) is 5.56 Å². The number of hydrogen-bond acceptors (Lipinski definition) is 4. The molecule has 0 saturated heterocycles. The summed E-state index contributed by atoms with van der Waals surface area (Å²) in [5, 5.41) is 8.65. The average Bonchev–Trinajstić information content (AvgIpc) is 2.86. The van der Waals surface area contributed by atoms with Crippen LogP contribution in [0.1, 0.15) is 26.7 Å². The molecule has 5 nitrogen and oxygen atoms in total. The van der Waals surface area contributed by atoms with Gasteiger partial charge >= 0.3 is 11.9 Å². The van der Waals surface area contributed by atoms with Crippen molar-refractivity contribution in [3.63, 3.8) is 0 Å². The standard InChI is InChI=1S/C13H10O5/c14-12(15)11-7-6-10(18-11)8-17-13(16)9-4-2-1-3-5-9/h1-7H,8H2,(H,14,15). The molecule has 0 atom stereocenters. The number of carbonyl (C=O) groups excluding carboxylic acids is 1. The van der Waals surface area contributed by atoms with Gasteiger partial charge in [0.15, 0.2) is 0 Å². The fourth-order valence-corrected chi connectivity index (χ4v) is 1.36. The average molecular weight is 246 g/mol. The Balaban J connectivity index is 1.95. The molecule has 0 unspecified atom stereocenters. The van der Waals surface area contributed by atoms with Crippen LogP contribution in [0.15, 0.2) is 46.9 Å². The number of rotatable bonds is 4. The Labute approximate surface area is 103 Å². The van der Waals surface area contributed by atoms with Crippen LogP contribution >= 0.6 is 0 Å². The second kappa shape index (κ2) is 5.18.